The highest BCUT2D eigenvalue weighted by Crippen LogP contribution is 2.22. The number of anilines is 1. The van der Waals surface area contributed by atoms with Gasteiger partial charge in [0.1, 0.15) is 5.82 Å². The molecule has 0 spiro atoms. The van der Waals surface area contributed by atoms with E-state index in [0.29, 0.717) is 11.1 Å². The third kappa shape index (κ3) is 2.72. The number of aryl methyl sites for hydroxylation is 2. The SMILES string of the molecule is Cc1cc(C)c(C(=O)c2cccc(N(C)C)c2)c(F)c1. The first-order chi connectivity index (χ1) is 9.40. The molecular weight excluding hydrogens is 253 g/mol. The summed E-state index contributed by atoms with van der Waals surface area (Å²) in [4.78, 5) is 14.4. The van der Waals surface area contributed by atoms with Gasteiger partial charge in [-0.2, -0.15) is 0 Å². The second-order valence-electron chi connectivity index (χ2n) is 5.21. The van der Waals surface area contributed by atoms with Crippen LogP contribution in [0.2, 0.25) is 0 Å². The Hall–Kier alpha value is -2.16. The molecule has 0 aliphatic carbocycles. The normalized spacial score (nSPS) is 10.4. The van der Waals surface area contributed by atoms with Crippen molar-refractivity contribution in [3.8, 4) is 0 Å². The number of benzene rings is 2. The molecule has 0 saturated heterocycles. The van der Waals surface area contributed by atoms with Gasteiger partial charge in [-0.1, -0.05) is 18.2 Å². The summed E-state index contributed by atoms with van der Waals surface area (Å²) in [6.07, 6.45) is 0. The summed E-state index contributed by atoms with van der Waals surface area (Å²) in [5, 5.41) is 0. The average Bonchev–Trinajstić information content (AvgIpc) is 2.37. The van der Waals surface area contributed by atoms with Crippen molar-refractivity contribution < 1.29 is 9.18 Å². The highest BCUT2D eigenvalue weighted by atomic mass is 19.1. The maximum absolute atomic E-state index is 14.1. The van der Waals surface area contributed by atoms with Gasteiger partial charge >= 0.3 is 0 Å². The van der Waals surface area contributed by atoms with Crippen LogP contribution in [0.3, 0.4) is 0 Å². The fraction of sp³-hybridized carbons (Fsp3) is 0.235. The Labute approximate surface area is 118 Å². The van der Waals surface area contributed by atoms with E-state index in [1.54, 1.807) is 19.1 Å². The van der Waals surface area contributed by atoms with Crippen molar-refractivity contribution in [1.82, 2.24) is 0 Å². The predicted molar refractivity (Wildman–Crippen MR) is 80.1 cm³/mol. The van der Waals surface area contributed by atoms with Gasteiger partial charge in [0.25, 0.3) is 0 Å². The third-order valence-corrected chi connectivity index (χ3v) is 3.28. The van der Waals surface area contributed by atoms with Gasteiger partial charge in [-0.3, -0.25) is 4.79 Å². The van der Waals surface area contributed by atoms with Crippen LogP contribution < -0.4 is 4.90 Å². The predicted octanol–water partition coefficient (Wildman–Crippen LogP) is 3.74. The van der Waals surface area contributed by atoms with Crippen LogP contribution >= 0.6 is 0 Å². The van der Waals surface area contributed by atoms with Crippen molar-refractivity contribution in [1.29, 1.82) is 0 Å². The maximum Gasteiger partial charge on any atom is 0.196 e. The van der Waals surface area contributed by atoms with E-state index in [0.717, 1.165) is 11.3 Å². The van der Waals surface area contributed by atoms with E-state index in [1.165, 1.54) is 6.07 Å². The van der Waals surface area contributed by atoms with Crippen LogP contribution in [0.25, 0.3) is 0 Å². The van der Waals surface area contributed by atoms with Gasteiger partial charge in [-0.05, 0) is 43.2 Å². The van der Waals surface area contributed by atoms with Crippen LogP contribution in [0.4, 0.5) is 10.1 Å². The van der Waals surface area contributed by atoms with Crippen molar-refractivity contribution in [2.75, 3.05) is 19.0 Å². The maximum atomic E-state index is 14.1. The highest BCUT2D eigenvalue weighted by molar-refractivity contribution is 6.10. The van der Waals surface area contributed by atoms with Crippen LogP contribution in [-0.2, 0) is 0 Å². The minimum absolute atomic E-state index is 0.159. The van der Waals surface area contributed by atoms with Crippen molar-refractivity contribution in [2.24, 2.45) is 0 Å². The van der Waals surface area contributed by atoms with Crippen LogP contribution in [0.15, 0.2) is 36.4 Å². The summed E-state index contributed by atoms with van der Waals surface area (Å²) >= 11 is 0. The summed E-state index contributed by atoms with van der Waals surface area (Å²) in [5.41, 5.74) is 3.07. The molecule has 0 bridgehead atoms. The van der Waals surface area contributed by atoms with Gasteiger partial charge in [0.2, 0.25) is 0 Å². The number of ketones is 1. The molecule has 2 aromatic rings. The molecule has 0 aliphatic rings. The Morgan fingerprint density at radius 3 is 2.40 bits per heavy atom. The second kappa shape index (κ2) is 5.45. The summed E-state index contributed by atoms with van der Waals surface area (Å²) in [5.74, 6) is -0.730. The van der Waals surface area contributed by atoms with Crippen LogP contribution in [0, 0.1) is 19.7 Å². The molecule has 2 nitrogen and oxygen atoms in total. The lowest BCUT2D eigenvalue weighted by Gasteiger charge is -2.14. The van der Waals surface area contributed by atoms with Crippen molar-refractivity contribution >= 4 is 11.5 Å². The Kier molecular flexibility index (Phi) is 3.89. The number of carbonyl (C=O) groups excluding carboxylic acids is 1. The van der Waals surface area contributed by atoms with E-state index in [4.69, 9.17) is 0 Å². The Morgan fingerprint density at radius 1 is 1.10 bits per heavy atom. The molecule has 3 heteroatoms. The lowest BCUT2D eigenvalue weighted by molar-refractivity contribution is 0.103. The molecule has 0 saturated carbocycles. The molecule has 0 atom stereocenters. The number of carbonyl (C=O) groups is 1. The molecule has 0 radical (unpaired) electrons. The van der Waals surface area contributed by atoms with Gasteiger partial charge in [0.15, 0.2) is 5.78 Å². The van der Waals surface area contributed by atoms with Gasteiger partial charge < -0.3 is 4.90 Å². The first kappa shape index (κ1) is 14.3. The first-order valence-electron chi connectivity index (χ1n) is 6.49. The summed E-state index contributed by atoms with van der Waals surface area (Å²) in [6.45, 7) is 3.58. The smallest absolute Gasteiger partial charge is 0.196 e. The number of hydrogen-bond donors (Lipinski definition) is 0. The molecule has 0 unspecified atom stereocenters. The topological polar surface area (TPSA) is 20.3 Å². The zero-order chi connectivity index (χ0) is 14.9. The van der Waals surface area contributed by atoms with Gasteiger partial charge in [0, 0.05) is 25.3 Å². The van der Waals surface area contributed by atoms with E-state index in [9.17, 15) is 9.18 Å². The van der Waals surface area contributed by atoms with E-state index >= 15 is 0 Å². The minimum Gasteiger partial charge on any atom is -0.378 e. The molecule has 0 amide bonds. The molecule has 0 fully saturated rings. The van der Waals surface area contributed by atoms with Crippen LogP contribution in [-0.4, -0.2) is 19.9 Å². The van der Waals surface area contributed by atoms with Crippen LogP contribution in [0.1, 0.15) is 27.0 Å². The lowest BCUT2D eigenvalue weighted by atomic mass is 9.96. The fourth-order valence-corrected chi connectivity index (χ4v) is 2.27. The van der Waals surface area contributed by atoms with E-state index in [2.05, 4.69) is 0 Å². The molecule has 0 N–H and O–H groups in total. The van der Waals surface area contributed by atoms with Gasteiger partial charge in [0.05, 0.1) is 5.56 Å². The zero-order valence-electron chi connectivity index (χ0n) is 12.2. The molecule has 0 aromatic heterocycles. The standard InChI is InChI=1S/C17H18FNO/c1-11-8-12(2)16(15(18)9-11)17(20)13-6-5-7-14(10-13)19(3)4/h5-10H,1-4H3. The van der Waals surface area contributed by atoms with Crippen LogP contribution in [0.5, 0.6) is 0 Å². The first-order valence-corrected chi connectivity index (χ1v) is 6.49. The molecule has 20 heavy (non-hydrogen) atoms. The van der Waals surface area contributed by atoms with Crippen molar-refractivity contribution in [2.45, 2.75) is 13.8 Å². The quantitative estimate of drug-likeness (QED) is 0.793. The van der Waals surface area contributed by atoms with Crippen molar-refractivity contribution in [3.63, 3.8) is 0 Å². The van der Waals surface area contributed by atoms with Gasteiger partial charge in [-0.25, -0.2) is 4.39 Å². The van der Waals surface area contributed by atoms with E-state index in [1.807, 2.05) is 44.1 Å². The number of halogens is 1. The Balaban J connectivity index is 2.49. The number of nitrogens with zero attached hydrogens (tertiary/aromatic N) is 1. The third-order valence-electron chi connectivity index (χ3n) is 3.28. The Bertz CT molecular complexity index is 639. The van der Waals surface area contributed by atoms with E-state index < -0.39 is 5.82 Å². The molecular formula is C17H18FNO. The number of hydrogen-bond acceptors (Lipinski definition) is 2. The molecule has 2 rings (SSSR count). The monoisotopic (exact) mass is 271 g/mol. The zero-order valence-corrected chi connectivity index (χ0v) is 12.2. The molecule has 0 heterocycles. The summed E-state index contributed by atoms with van der Waals surface area (Å²) in [7, 11) is 3.81. The summed E-state index contributed by atoms with van der Waals surface area (Å²) in [6, 6.07) is 10.4. The number of rotatable bonds is 3. The van der Waals surface area contributed by atoms with Gasteiger partial charge in [-0.15, -0.1) is 0 Å². The molecule has 104 valence electrons. The van der Waals surface area contributed by atoms with Crippen molar-refractivity contribution in [3.05, 3.63) is 64.5 Å². The largest absolute Gasteiger partial charge is 0.378 e. The second-order valence-corrected chi connectivity index (χ2v) is 5.21. The lowest BCUT2D eigenvalue weighted by Crippen LogP contribution is -2.11. The fourth-order valence-electron chi connectivity index (χ4n) is 2.27. The Morgan fingerprint density at radius 2 is 1.80 bits per heavy atom. The highest BCUT2D eigenvalue weighted by Gasteiger charge is 2.17. The molecule has 0 aliphatic heterocycles. The van der Waals surface area contributed by atoms with E-state index in [-0.39, 0.29) is 11.3 Å². The summed E-state index contributed by atoms with van der Waals surface area (Å²) < 4.78 is 14.1. The minimum atomic E-state index is -0.456. The average molecular weight is 271 g/mol. The molecule has 2 aromatic carbocycles.